The molecular weight excluding hydrogens is 344 g/mol. The highest BCUT2D eigenvalue weighted by atomic mass is 79.9. The van der Waals surface area contributed by atoms with Gasteiger partial charge in [0.25, 0.3) is 0 Å². The van der Waals surface area contributed by atoms with E-state index in [1.807, 2.05) is 0 Å². The Morgan fingerprint density at radius 2 is 2.05 bits per heavy atom. The molecule has 1 unspecified atom stereocenters. The maximum Gasteiger partial charge on any atom is 0.222 e. The van der Waals surface area contributed by atoms with E-state index in [0.717, 1.165) is 30.5 Å². The Hall–Kier alpha value is -0.910. The van der Waals surface area contributed by atoms with E-state index in [-0.39, 0.29) is 17.5 Å². The first-order valence-electron chi connectivity index (χ1n) is 8.06. The Morgan fingerprint density at radius 1 is 1.32 bits per heavy atom. The molecule has 3 rings (SSSR count). The fraction of sp³-hybridized carbons (Fsp3) is 0.588. The van der Waals surface area contributed by atoms with E-state index in [4.69, 9.17) is 4.74 Å². The van der Waals surface area contributed by atoms with E-state index < -0.39 is 0 Å². The van der Waals surface area contributed by atoms with Crippen LogP contribution in [-0.4, -0.2) is 31.7 Å². The third-order valence-corrected chi connectivity index (χ3v) is 5.19. The number of hydrogen-bond donors (Lipinski definition) is 2. The number of halogens is 1. The lowest BCUT2D eigenvalue weighted by Crippen LogP contribution is -2.48. The Labute approximate surface area is 140 Å². The standard InChI is InChI=1S/C17H23BrN2O2/c18-14-5-3-13(4-6-14)17(7-1-2-8-17)20-16(21)11-15-12-22-10-9-19-15/h3-6,15,19H,1-2,7-12H2,(H,20,21). The average Bonchev–Trinajstić information content (AvgIpc) is 2.98. The van der Waals surface area contributed by atoms with Gasteiger partial charge in [-0.3, -0.25) is 4.79 Å². The number of nitrogens with one attached hydrogen (secondary N) is 2. The molecule has 0 bridgehead atoms. The van der Waals surface area contributed by atoms with E-state index >= 15 is 0 Å². The molecule has 1 amide bonds. The van der Waals surface area contributed by atoms with Gasteiger partial charge in [0, 0.05) is 23.5 Å². The van der Waals surface area contributed by atoms with Crippen molar-refractivity contribution in [2.75, 3.05) is 19.8 Å². The first-order valence-corrected chi connectivity index (χ1v) is 8.85. The molecule has 1 aromatic carbocycles. The van der Waals surface area contributed by atoms with Crippen molar-refractivity contribution in [3.05, 3.63) is 34.3 Å². The fourth-order valence-corrected chi connectivity index (χ4v) is 3.79. The van der Waals surface area contributed by atoms with Crippen LogP contribution in [0.4, 0.5) is 0 Å². The molecular formula is C17H23BrN2O2. The van der Waals surface area contributed by atoms with E-state index in [1.165, 1.54) is 18.4 Å². The molecule has 1 atom stereocenters. The molecule has 1 aliphatic carbocycles. The predicted octanol–water partition coefficient (Wildman–Crippen LogP) is 2.71. The predicted molar refractivity (Wildman–Crippen MR) is 89.7 cm³/mol. The first kappa shape index (κ1) is 16.0. The fourth-order valence-electron chi connectivity index (χ4n) is 3.53. The molecule has 1 saturated carbocycles. The van der Waals surface area contributed by atoms with Crippen LogP contribution in [-0.2, 0) is 15.1 Å². The van der Waals surface area contributed by atoms with E-state index in [1.54, 1.807) is 0 Å². The summed E-state index contributed by atoms with van der Waals surface area (Å²) in [6, 6.07) is 8.49. The van der Waals surface area contributed by atoms with Crippen molar-refractivity contribution in [2.45, 2.75) is 43.7 Å². The maximum absolute atomic E-state index is 12.5. The lowest BCUT2D eigenvalue weighted by atomic mass is 9.88. The van der Waals surface area contributed by atoms with Gasteiger partial charge in [0.15, 0.2) is 0 Å². The summed E-state index contributed by atoms with van der Waals surface area (Å²) in [5, 5.41) is 6.67. The summed E-state index contributed by atoms with van der Waals surface area (Å²) in [7, 11) is 0. The average molecular weight is 367 g/mol. The number of hydrogen-bond acceptors (Lipinski definition) is 3. The van der Waals surface area contributed by atoms with E-state index in [0.29, 0.717) is 13.0 Å². The molecule has 0 radical (unpaired) electrons. The number of ether oxygens (including phenoxy) is 1. The normalized spacial score (nSPS) is 24.1. The van der Waals surface area contributed by atoms with Crippen LogP contribution >= 0.6 is 15.9 Å². The van der Waals surface area contributed by atoms with Gasteiger partial charge in [-0.1, -0.05) is 40.9 Å². The van der Waals surface area contributed by atoms with E-state index in [2.05, 4.69) is 50.8 Å². The number of benzene rings is 1. The number of carbonyl (C=O) groups excluding carboxylic acids is 1. The molecule has 2 N–H and O–H groups in total. The molecule has 0 spiro atoms. The van der Waals surface area contributed by atoms with Crippen LogP contribution in [0.2, 0.25) is 0 Å². The number of carbonyl (C=O) groups is 1. The molecule has 2 fully saturated rings. The molecule has 4 nitrogen and oxygen atoms in total. The lowest BCUT2D eigenvalue weighted by Gasteiger charge is -2.32. The number of amides is 1. The molecule has 1 saturated heterocycles. The zero-order chi connectivity index (χ0) is 15.4. The molecule has 1 aromatic rings. The minimum atomic E-state index is -0.187. The second-order valence-electron chi connectivity index (χ2n) is 6.27. The van der Waals surface area contributed by atoms with Gasteiger partial charge in [-0.2, -0.15) is 0 Å². The maximum atomic E-state index is 12.5. The Kier molecular flexibility index (Phi) is 5.16. The monoisotopic (exact) mass is 366 g/mol. The van der Waals surface area contributed by atoms with Crippen LogP contribution in [0.25, 0.3) is 0 Å². The SMILES string of the molecule is O=C(CC1COCCN1)NC1(c2ccc(Br)cc2)CCCC1. The van der Waals surface area contributed by atoms with E-state index in [9.17, 15) is 4.79 Å². The highest BCUT2D eigenvalue weighted by molar-refractivity contribution is 9.10. The Balaban J connectivity index is 1.68. The van der Waals surface area contributed by atoms with Gasteiger partial charge in [-0.25, -0.2) is 0 Å². The van der Waals surface area contributed by atoms with Crippen LogP contribution in [0.1, 0.15) is 37.7 Å². The summed E-state index contributed by atoms with van der Waals surface area (Å²) in [5.41, 5.74) is 1.03. The van der Waals surface area contributed by atoms with Gasteiger partial charge >= 0.3 is 0 Å². The van der Waals surface area contributed by atoms with Gasteiger partial charge in [0.2, 0.25) is 5.91 Å². The Bertz CT molecular complexity index is 506. The van der Waals surface area contributed by atoms with Crippen LogP contribution < -0.4 is 10.6 Å². The molecule has 1 heterocycles. The summed E-state index contributed by atoms with van der Waals surface area (Å²) in [6.45, 7) is 2.19. The minimum Gasteiger partial charge on any atom is -0.378 e. The largest absolute Gasteiger partial charge is 0.378 e. The van der Waals surface area contributed by atoms with Gasteiger partial charge in [-0.15, -0.1) is 0 Å². The van der Waals surface area contributed by atoms with Gasteiger partial charge < -0.3 is 15.4 Å². The molecule has 2 aliphatic rings. The third-order valence-electron chi connectivity index (χ3n) is 4.66. The quantitative estimate of drug-likeness (QED) is 0.861. The van der Waals surface area contributed by atoms with Crippen molar-refractivity contribution >= 4 is 21.8 Å². The molecule has 1 aliphatic heterocycles. The van der Waals surface area contributed by atoms with Crippen molar-refractivity contribution in [1.82, 2.24) is 10.6 Å². The van der Waals surface area contributed by atoms with Crippen LogP contribution in [0, 0.1) is 0 Å². The first-order chi connectivity index (χ1) is 10.7. The summed E-state index contributed by atoms with van der Waals surface area (Å²) in [5.74, 6) is 0.118. The third kappa shape index (κ3) is 3.70. The zero-order valence-corrected chi connectivity index (χ0v) is 14.3. The summed E-state index contributed by atoms with van der Waals surface area (Å²) in [4.78, 5) is 12.5. The van der Waals surface area contributed by atoms with Gasteiger partial charge in [-0.05, 0) is 30.5 Å². The van der Waals surface area contributed by atoms with Crippen molar-refractivity contribution in [1.29, 1.82) is 0 Å². The summed E-state index contributed by atoms with van der Waals surface area (Å²) >= 11 is 3.48. The van der Waals surface area contributed by atoms with Crippen LogP contribution in [0.5, 0.6) is 0 Å². The second-order valence-corrected chi connectivity index (χ2v) is 7.19. The zero-order valence-electron chi connectivity index (χ0n) is 12.7. The van der Waals surface area contributed by atoms with Crippen LogP contribution in [0.3, 0.4) is 0 Å². The second kappa shape index (κ2) is 7.11. The highest BCUT2D eigenvalue weighted by Crippen LogP contribution is 2.39. The molecule has 120 valence electrons. The molecule has 22 heavy (non-hydrogen) atoms. The van der Waals surface area contributed by atoms with Crippen molar-refractivity contribution < 1.29 is 9.53 Å². The lowest BCUT2D eigenvalue weighted by molar-refractivity contribution is -0.124. The van der Waals surface area contributed by atoms with Gasteiger partial charge in [0.05, 0.1) is 18.8 Å². The number of morpholine rings is 1. The van der Waals surface area contributed by atoms with Crippen molar-refractivity contribution in [3.63, 3.8) is 0 Å². The number of rotatable bonds is 4. The summed E-state index contributed by atoms with van der Waals surface area (Å²) in [6.07, 6.45) is 4.87. The topological polar surface area (TPSA) is 50.4 Å². The smallest absolute Gasteiger partial charge is 0.222 e. The summed E-state index contributed by atoms with van der Waals surface area (Å²) < 4.78 is 6.50. The Morgan fingerprint density at radius 3 is 2.68 bits per heavy atom. The van der Waals surface area contributed by atoms with Gasteiger partial charge in [0.1, 0.15) is 0 Å². The van der Waals surface area contributed by atoms with Crippen molar-refractivity contribution in [2.24, 2.45) is 0 Å². The molecule has 0 aromatic heterocycles. The van der Waals surface area contributed by atoms with Crippen molar-refractivity contribution in [3.8, 4) is 0 Å². The minimum absolute atomic E-state index is 0.118. The highest BCUT2D eigenvalue weighted by Gasteiger charge is 2.37. The van der Waals surface area contributed by atoms with Crippen LogP contribution in [0.15, 0.2) is 28.7 Å². The molecule has 5 heteroatoms.